The van der Waals surface area contributed by atoms with Crippen LogP contribution in [0.1, 0.15) is 24.5 Å². The zero-order chi connectivity index (χ0) is 11.4. The molecular formula is C11H15NO3. The number of aliphatic hydroxyl groups excluding tert-OH is 1. The molecule has 4 heteroatoms. The smallest absolute Gasteiger partial charge is 0.272 e. The number of nitrogens with zero attached hydrogens (tertiary/aromatic N) is 1. The van der Waals surface area contributed by atoms with Crippen molar-refractivity contribution < 1.29 is 10.0 Å². The monoisotopic (exact) mass is 209 g/mol. The van der Waals surface area contributed by atoms with Crippen molar-refractivity contribution in [2.24, 2.45) is 0 Å². The summed E-state index contributed by atoms with van der Waals surface area (Å²) in [6, 6.07) is 5.07. The van der Waals surface area contributed by atoms with Crippen molar-refractivity contribution in [3.63, 3.8) is 0 Å². The summed E-state index contributed by atoms with van der Waals surface area (Å²) in [4.78, 5) is 10.2. The largest absolute Gasteiger partial charge is 0.393 e. The number of aliphatic hydroxyl groups is 1. The first-order valence-electron chi connectivity index (χ1n) is 4.92. The molecule has 1 aromatic carbocycles. The van der Waals surface area contributed by atoms with E-state index in [1.54, 1.807) is 26.0 Å². The van der Waals surface area contributed by atoms with Crippen molar-refractivity contribution >= 4 is 5.69 Å². The maximum absolute atomic E-state index is 10.6. The number of nitro benzene ring substituents is 1. The van der Waals surface area contributed by atoms with Crippen molar-refractivity contribution in [2.75, 3.05) is 0 Å². The average Bonchev–Trinajstić information content (AvgIpc) is 2.14. The van der Waals surface area contributed by atoms with Gasteiger partial charge >= 0.3 is 0 Å². The SMILES string of the molecule is Cc1cc(CC[C@H](C)O)ccc1[N+](=O)[O-]. The Morgan fingerprint density at radius 1 is 1.53 bits per heavy atom. The molecule has 0 bridgehead atoms. The molecule has 1 N–H and O–H groups in total. The second kappa shape index (κ2) is 4.89. The number of hydrogen-bond acceptors (Lipinski definition) is 3. The molecule has 0 saturated heterocycles. The summed E-state index contributed by atoms with van der Waals surface area (Å²) in [6.07, 6.45) is 1.09. The molecular weight excluding hydrogens is 194 g/mol. The van der Waals surface area contributed by atoms with Crippen LogP contribution in [0.5, 0.6) is 0 Å². The predicted molar refractivity (Wildman–Crippen MR) is 57.8 cm³/mol. The van der Waals surface area contributed by atoms with Crippen LogP contribution in [0.2, 0.25) is 0 Å². The Balaban J connectivity index is 2.78. The zero-order valence-electron chi connectivity index (χ0n) is 8.93. The molecule has 0 heterocycles. The fourth-order valence-electron chi connectivity index (χ4n) is 1.45. The molecule has 4 nitrogen and oxygen atoms in total. The van der Waals surface area contributed by atoms with Gasteiger partial charge in [-0.2, -0.15) is 0 Å². The van der Waals surface area contributed by atoms with Crippen LogP contribution >= 0.6 is 0 Å². The van der Waals surface area contributed by atoms with Crippen LogP contribution in [0, 0.1) is 17.0 Å². The van der Waals surface area contributed by atoms with E-state index in [0.717, 1.165) is 12.0 Å². The quantitative estimate of drug-likeness (QED) is 0.610. The van der Waals surface area contributed by atoms with E-state index in [2.05, 4.69) is 0 Å². The summed E-state index contributed by atoms with van der Waals surface area (Å²) >= 11 is 0. The predicted octanol–water partition coefficient (Wildman–Crippen LogP) is 2.22. The molecule has 0 aliphatic heterocycles. The molecule has 0 unspecified atom stereocenters. The third-order valence-electron chi connectivity index (χ3n) is 2.31. The fraction of sp³-hybridized carbons (Fsp3) is 0.455. The van der Waals surface area contributed by atoms with Crippen LogP contribution in [0.4, 0.5) is 5.69 Å². The average molecular weight is 209 g/mol. The van der Waals surface area contributed by atoms with Gasteiger partial charge < -0.3 is 5.11 Å². The van der Waals surface area contributed by atoms with Crippen LogP contribution in [-0.4, -0.2) is 16.1 Å². The second-order valence-electron chi connectivity index (χ2n) is 3.77. The zero-order valence-corrected chi connectivity index (χ0v) is 8.93. The molecule has 1 atom stereocenters. The van der Waals surface area contributed by atoms with Gasteiger partial charge in [0.2, 0.25) is 0 Å². The van der Waals surface area contributed by atoms with Crippen molar-refractivity contribution in [3.8, 4) is 0 Å². The van der Waals surface area contributed by atoms with Crippen LogP contribution in [0.3, 0.4) is 0 Å². The van der Waals surface area contributed by atoms with E-state index in [9.17, 15) is 10.1 Å². The topological polar surface area (TPSA) is 63.4 Å². The highest BCUT2D eigenvalue weighted by molar-refractivity contribution is 5.41. The third-order valence-corrected chi connectivity index (χ3v) is 2.31. The molecule has 0 spiro atoms. The second-order valence-corrected chi connectivity index (χ2v) is 3.77. The first-order valence-corrected chi connectivity index (χ1v) is 4.92. The summed E-state index contributed by atoms with van der Waals surface area (Å²) in [7, 11) is 0. The molecule has 0 aliphatic rings. The molecule has 0 amide bonds. The standard InChI is InChI=1S/C11H15NO3/c1-8-7-10(4-3-9(2)13)5-6-11(8)12(14)15/h5-7,9,13H,3-4H2,1-2H3/t9-/m0/s1. The van der Waals surface area contributed by atoms with E-state index in [1.807, 2.05) is 0 Å². The Kier molecular flexibility index (Phi) is 3.80. The third kappa shape index (κ3) is 3.32. The van der Waals surface area contributed by atoms with E-state index in [-0.39, 0.29) is 16.7 Å². The van der Waals surface area contributed by atoms with E-state index < -0.39 is 0 Å². The summed E-state index contributed by atoms with van der Waals surface area (Å²) in [5.41, 5.74) is 1.85. The van der Waals surface area contributed by atoms with Gasteiger partial charge in [-0.05, 0) is 38.3 Å². The van der Waals surface area contributed by atoms with Crippen molar-refractivity contribution in [2.45, 2.75) is 32.8 Å². The van der Waals surface area contributed by atoms with Crippen LogP contribution < -0.4 is 0 Å². The van der Waals surface area contributed by atoms with Crippen molar-refractivity contribution in [1.82, 2.24) is 0 Å². The maximum atomic E-state index is 10.6. The first kappa shape index (κ1) is 11.7. The summed E-state index contributed by atoms with van der Waals surface area (Å²) in [5, 5.41) is 19.7. The van der Waals surface area contributed by atoms with E-state index in [4.69, 9.17) is 5.11 Å². The molecule has 0 fully saturated rings. The molecule has 1 rings (SSSR count). The summed E-state index contributed by atoms with van der Waals surface area (Å²) < 4.78 is 0. The fourth-order valence-corrected chi connectivity index (χ4v) is 1.45. The molecule has 0 saturated carbocycles. The Bertz CT molecular complexity index is 361. The highest BCUT2D eigenvalue weighted by atomic mass is 16.6. The lowest BCUT2D eigenvalue weighted by atomic mass is 10.0. The van der Waals surface area contributed by atoms with Crippen LogP contribution in [0.25, 0.3) is 0 Å². The van der Waals surface area contributed by atoms with Gasteiger partial charge in [0, 0.05) is 11.6 Å². The lowest BCUT2D eigenvalue weighted by Gasteiger charge is -2.05. The van der Waals surface area contributed by atoms with E-state index in [1.165, 1.54) is 6.07 Å². The Hall–Kier alpha value is -1.42. The van der Waals surface area contributed by atoms with Crippen molar-refractivity contribution in [3.05, 3.63) is 39.4 Å². The highest BCUT2D eigenvalue weighted by Crippen LogP contribution is 2.19. The summed E-state index contributed by atoms with van der Waals surface area (Å²) in [6.45, 7) is 3.46. The minimum absolute atomic E-state index is 0.149. The van der Waals surface area contributed by atoms with Gasteiger partial charge in [0.25, 0.3) is 5.69 Å². The maximum Gasteiger partial charge on any atom is 0.272 e. The van der Waals surface area contributed by atoms with E-state index >= 15 is 0 Å². The Morgan fingerprint density at radius 2 is 2.20 bits per heavy atom. The molecule has 0 aliphatic carbocycles. The minimum Gasteiger partial charge on any atom is -0.393 e. The van der Waals surface area contributed by atoms with Crippen LogP contribution in [-0.2, 0) is 6.42 Å². The Morgan fingerprint density at radius 3 is 2.67 bits per heavy atom. The van der Waals surface area contributed by atoms with E-state index in [0.29, 0.717) is 12.0 Å². The van der Waals surface area contributed by atoms with Gasteiger partial charge in [0.15, 0.2) is 0 Å². The number of hydrogen-bond donors (Lipinski definition) is 1. The Labute approximate surface area is 88.7 Å². The van der Waals surface area contributed by atoms with Gasteiger partial charge in [-0.1, -0.05) is 6.07 Å². The van der Waals surface area contributed by atoms with Crippen molar-refractivity contribution in [1.29, 1.82) is 0 Å². The van der Waals surface area contributed by atoms with Gasteiger partial charge in [-0.15, -0.1) is 0 Å². The molecule has 82 valence electrons. The van der Waals surface area contributed by atoms with Gasteiger partial charge in [0.1, 0.15) is 0 Å². The lowest BCUT2D eigenvalue weighted by molar-refractivity contribution is -0.385. The summed E-state index contributed by atoms with van der Waals surface area (Å²) in [5.74, 6) is 0. The first-order chi connectivity index (χ1) is 7.00. The molecule has 0 aromatic heterocycles. The van der Waals surface area contributed by atoms with Gasteiger partial charge in [-0.25, -0.2) is 0 Å². The van der Waals surface area contributed by atoms with Gasteiger partial charge in [0.05, 0.1) is 11.0 Å². The molecule has 0 radical (unpaired) electrons. The number of nitro groups is 1. The highest BCUT2D eigenvalue weighted by Gasteiger charge is 2.10. The van der Waals surface area contributed by atoms with Crippen LogP contribution in [0.15, 0.2) is 18.2 Å². The molecule has 15 heavy (non-hydrogen) atoms. The van der Waals surface area contributed by atoms with Gasteiger partial charge in [-0.3, -0.25) is 10.1 Å². The number of benzene rings is 1. The number of aryl methyl sites for hydroxylation is 2. The number of rotatable bonds is 4. The minimum atomic E-state index is -0.381. The lowest BCUT2D eigenvalue weighted by Crippen LogP contribution is -2.02. The molecule has 1 aromatic rings. The normalized spacial score (nSPS) is 12.5.